The fourth-order valence-electron chi connectivity index (χ4n) is 2.29. The first kappa shape index (κ1) is 17.5. The van der Waals surface area contributed by atoms with Crippen LogP contribution in [0.15, 0.2) is 42.5 Å². The van der Waals surface area contributed by atoms with Crippen molar-refractivity contribution < 1.29 is 19.1 Å². The lowest BCUT2D eigenvalue weighted by Crippen LogP contribution is -2.22. The van der Waals surface area contributed by atoms with Gasteiger partial charge in [0.15, 0.2) is 6.61 Å². The van der Waals surface area contributed by atoms with Crippen LogP contribution in [-0.2, 0) is 20.7 Å². The molecule has 1 amide bonds. The maximum absolute atomic E-state index is 11.9. The predicted molar refractivity (Wildman–Crippen MR) is 92.2 cm³/mol. The molecule has 0 spiro atoms. The Hall–Kier alpha value is -2.82. The van der Waals surface area contributed by atoms with Crippen molar-refractivity contribution in [3.63, 3.8) is 0 Å². The summed E-state index contributed by atoms with van der Waals surface area (Å²) in [6.45, 7) is 3.59. The fraction of sp³-hybridized carbons (Fsp3) is 0.263. The number of esters is 1. The first-order valence-electron chi connectivity index (χ1n) is 7.63. The molecule has 126 valence electrons. The molecule has 0 aromatic heterocycles. The number of methoxy groups -OCH3 is 1. The molecule has 5 nitrogen and oxygen atoms in total. The smallest absolute Gasteiger partial charge is 0.310 e. The number of hydrogen-bond donors (Lipinski definition) is 1. The Morgan fingerprint density at radius 2 is 1.88 bits per heavy atom. The molecule has 2 rings (SSSR count). The van der Waals surface area contributed by atoms with E-state index in [1.165, 1.54) is 0 Å². The molecular weight excluding hydrogens is 306 g/mol. The summed E-state index contributed by atoms with van der Waals surface area (Å²) >= 11 is 0. The highest BCUT2D eigenvalue weighted by Crippen LogP contribution is 2.16. The van der Waals surface area contributed by atoms with Crippen molar-refractivity contribution in [2.24, 2.45) is 0 Å². The molecule has 2 aromatic carbocycles. The number of anilines is 1. The third-order valence-corrected chi connectivity index (χ3v) is 3.50. The van der Waals surface area contributed by atoms with E-state index in [-0.39, 0.29) is 18.9 Å². The zero-order chi connectivity index (χ0) is 17.5. The number of carbonyl (C=O) groups is 2. The van der Waals surface area contributed by atoms with Gasteiger partial charge in [0.05, 0.1) is 13.5 Å². The summed E-state index contributed by atoms with van der Waals surface area (Å²) in [5.41, 5.74) is 3.57. The molecule has 0 heterocycles. The van der Waals surface area contributed by atoms with Crippen LogP contribution in [0.5, 0.6) is 5.75 Å². The number of aryl methyl sites for hydroxylation is 2. The number of ether oxygens (including phenoxy) is 2. The molecular formula is C19H21NO4. The highest BCUT2D eigenvalue weighted by atomic mass is 16.5. The van der Waals surface area contributed by atoms with Crippen molar-refractivity contribution in [2.75, 3.05) is 19.0 Å². The van der Waals surface area contributed by atoms with E-state index in [4.69, 9.17) is 9.47 Å². The van der Waals surface area contributed by atoms with Crippen LogP contribution in [0.4, 0.5) is 5.69 Å². The predicted octanol–water partition coefficient (Wildman–Crippen LogP) is 3.04. The Kier molecular flexibility index (Phi) is 5.95. The molecule has 0 saturated carbocycles. The zero-order valence-electron chi connectivity index (χ0n) is 14.1. The van der Waals surface area contributed by atoms with Gasteiger partial charge in [-0.15, -0.1) is 0 Å². The topological polar surface area (TPSA) is 64.6 Å². The van der Waals surface area contributed by atoms with Gasteiger partial charge in [-0.05, 0) is 43.2 Å². The van der Waals surface area contributed by atoms with Gasteiger partial charge in [0.1, 0.15) is 5.75 Å². The first-order chi connectivity index (χ1) is 11.5. The highest BCUT2D eigenvalue weighted by Gasteiger charge is 2.10. The van der Waals surface area contributed by atoms with Gasteiger partial charge in [-0.2, -0.15) is 0 Å². The number of hydrogen-bond acceptors (Lipinski definition) is 4. The molecule has 0 bridgehead atoms. The molecule has 0 fully saturated rings. The molecule has 0 radical (unpaired) electrons. The number of benzene rings is 2. The summed E-state index contributed by atoms with van der Waals surface area (Å²) in [5, 5.41) is 2.74. The molecule has 0 saturated heterocycles. The Balaban J connectivity index is 1.83. The minimum atomic E-state index is -0.459. The number of rotatable bonds is 6. The standard InChI is InChI=1S/C19H21NO4/c1-13-7-8-17(14(2)9-13)20-18(21)12-24-19(22)11-15-5-4-6-16(10-15)23-3/h4-10H,11-12H2,1-3H3,(H,20,21). The van der Waals surface area contributed by atoms with Gasteiger partial charge in [-0.3, -0.25) is 9.59 Å². The van der Waals surface area contributed by atoms with Crippen molar-refractivity contribution in [3.8, 4) is 5.75 Å². The summed E-state index contributed by atoms with van der Waals surface area (Å²) in [6.07, 6.45) is 0.0913. The van der Waals surface area contributed by atoms with Gasteiger partial charge in [0.2, 0.25) is 0 Å². The van der Waals surface area contributed by atoms with Crippen LogP contribution < -0.4 is 10.1 Å². The number of nitrogens with one attached hydrogen (secondary N) is 1. The molecule has 24 heavy (non-hydrogen) atoms. The molecule has 0 atom stereocenters. The normalized spacial score (nSPS) is 10.1. The Morgan fingerprint density at radius 3 is 2.58 bits per heavy atom. The lowest BCUT2D eigenvalue weighted by Gasteiger charge is -2.10. The monoisotopic (exact) mass is 327 g/mol. The average molecular weight is 327 g/mol. The van der Waals surface area contributed by atoms with Crippen LogP contribution in [0.3, 0.4) is 0 Å². The minimum absolute atomic E-state index is 0.0913. The Morgan fingerprint density at radius 1 is 1.08 bits per heavy atom. The lowest BCUT2D eigenvalue weighted by molar-refractivity contribution is -0.146. The SMILES string of the molecule is COc1cccc(CC(=O)OCC(=O)Nc2ccc(C)cc2C)c1. The van der Waals surface area contributed by atoms with Crippen molar-refractivity contribution in [3.05, 3.63) is 59.2 Å². The van der Waals surface area contributed by atoms with E-state index in [1.807, 2.05) is 32.0 Å². The van der Waals surface area contributed by atoms with E-state index in [9.17, 15) is 9.59 Å². The first-order valence-corrected chi connectivity index (χ1v) is 7.63. The Bertz CT molecular complexity index is 740. The van der Waals surface area contributed by atoms with Gasteiger partial charge >= 0.3 is 5.97 Å². The maximum atomic E-state index is 11.9. The highest BCUT2D eigenvalue weighted by molar-refractivity contribution is 5.93. The van der Waals surface area contributed by atoms with E-state index in [0.29, 0.717) is 5.75 Å². The van der Waals surface area contributed by atoms with E-state index in [0.717, 1.165) is 22.4 Å². The minimum Gasteiger partial charge on any atom is -0.497 e. The molecule has 0 aliphatic heterocycles. The molecule has 5 heteroatoms. The van der Waals surface area contributed by atoms with Crippen LogP contribution in [-0.4, -0.2) is 25.6 Å². The van der Waals surface area contributed by atoms with Crippen LogP contribution >= 0.6 is 0 Å². The fourth-order valence-corrected chi connectivity index (χ4v) is 2.29. The lowest BCUT2D eigenvalue weighted by atomic mass is 10.1. The van der Waals surface area contributed by atoms with Gasteiger partial charge in [0.25, 0.3) is 5.91 Å². The van der Waals surface area contributed by atoms with Crippen LogP contribution in [0, 0.1) is 13.8 Å². The molecule has 2 aromatic rings. The average Bonchev–Trinajstić information content (AvgIpc) is 2.56. The third kappa shape index (κ3) is 5.12. The molecule has 0 unspecified atom stereocenters. The van der Waals surface area contributed by atoms with E-state index < -0.39 is 5.97 Å². The Labute approximate surface area is 141 Å². The third-order valence-electron chi connectivity index (χ3n) is 3.50. The summed E-state index contributed by atoms with van der Waals surface area (Å²) in [4.78, 5) is 23.7. The van der Waals surface area contributed by atoms with Crippen molar-refractivity contribution >= 4 is 17.6 Å². The summed E-state index contributed by atoms with van der Waals surface area (Å²) < 4.78 is 10.1. The van der Waals surface area contributed by atoms with E-state index in [2.05, 4.69) is 5.32 Å². The summed E-state index contributed by atoms with van der Waals surface area (Å²) in [7, 11) is 1.56. The van der Waals surface area contributed by atoms with E-state index >= 15 is 0 Å². The second-order valence-corrected chi connectivity index (χ2v) is 5.56. The van der Waals surface area contributed by atoms with Crippen molar-refractivity contribution in [2.45, 2.75) is 20.3 Å². The number of amides is 1. The zero-order valence-corrected chi connectivity index (χ0v) is 14.1. The van der Waals surface area contributed by atoms with Crippen LogP contribution in [0.25, 0.3) is 0 Å². The second-order valence-electron chi connectivity index (χ2n) is 5.56. The quantitative estimate of drug-likeness (QED) is 0.828. The van der Waals surface area contributed by atoms with Crippen molar-refractivity contribution in [1.29, 1.82) is 0 Å². The van der Waals surface area contributed by atoms with Gasteiger partial charge < -0.3 is 14.8 Å². The van der Waals surface area contributed by atoms with Gasteiger partial charge in [0, 0.05) is 5.69 Å². The van der Waals surface area contributed by atoms with Gasteiger partial charge in [-0.1, -0.05) is 29.8 Å². The van der Waals surface area contributed by atoms with E-state index in [1.54, 1.807) is 31.4 Å². The molecule has 0 aliphatic carbocycles. The van der Waals surface area contributed by atoms with Crippen LogP contribution in [0.2, 0.25) is 0 Å². The second kappa shape index (κ2) is 8.15. The summed E-state index contributed by atoms with van der Waals surface area (Å²) in [6, 6.07) is 12.9. The summed E-state index contributed by atoms with van der Waals surface area (Å²) in [5.74, 6) is -0.145. The number of carbonyl (C=O) groups excluding carboxylic acids is 2. The van der Waals surface area contributed by atoms with Gasteiger partial charge in [-0.25, -0.2) is 0 Å². The van der Waals surface area contributed by atoms with Crippen LogP contribution in [0.1, 0.15) is 16.7 Å². The molecule has 0 aliphatic rings. The molecule has 1 N–H and O–H groups in total. The van der Waals surface area contributed by atoms with Crippen molar-refractivity contribution in [1.82, 2.24) is 0 Å². The largest absolute Gasteiger partial charge is 0.497 e. The maximum Gasteiger partial charge on any atom is 0.310 e.